The largest absolute Gasteiger partial charge is 0.315 e. The molecule has 0 bridgehead atoms. The van der Waals surface area contributed by atoms with Gasteiger partial charge in [-0.3, -0.25) is 13.9 Å². The Morgan fingerprint density at radius 2 is 1.54 bits per heavy atom. The normalized spacial score (nSPS) is 11.2. The summed E-state index contributed by atoms with van der Waals surface area (Å²) < 4.78 is 5.77. The minimum Gasteiger partial charge on any atom is -0.315 e. The summed E-state index contributed by atoms with van der Waals surface area (Å²) in [4.78, 5) is 17.8. The van der Waals surface area contributed by atoms with Crippen molar-refractivity contribution in [2.75, 3.05) is 5.88 Å². The maximum absolute atomic E-state index is 13.4. The van der Waals surface area contributed by atoms with Gasteiger partial charge in [0.2, 0.25) is 0 Å². The molecule has 7 heteroatoms. The van der Waals surface area contributed by atoms with Gasteiger partial charge in [0.05, 0.1) is 17.7 Å². The van der Waals surface area contributed by atoms with E-state index in [9.17, 15) is 4.79 Å². The second kappa shape index (κ2) is 7.37. The van der Waals surface area contributed by atoms with Gasteiger partial charge < -0.3 is 4.57 Å². The average Bonchev–Trinajstić information content (AvgIpc) is 3.09. The molecule has 28 heavy (non-hydrogen) atoms. The molecule has 0 unspecified atom stereocenters. The number of aryl methyl sites for hydroxylation is 3. The molecule has 0 N–H and O–H groups in total. The van der Waals surface area contributed by atoms with Gasteiger partial charge in [-0.05, 0) is 49.3 Å². The van der Waals surface area contributed by atoms with Crippen LogP contribution >= 0.6 is 23.8 Å². The maximum Gasteiger partial charge on any atom is 0.287 e. The van der Waals surface area contributed by atoms with Crippen molar-refractivity contribution in [1.82, 2.24) is 18.7 Å². The number of para-hydroxylation sites is 2. The van der Waals surface area contributed by atoms with Gasteiger partial charge in [-0.15, -0.1) is 11.6 Å². The third kappa shape index (κ3) is 2.89. The van der Waals surface area contributed by atoms with Crippen LogP contribution in [0.1, 0.15) is 11.1 Å². The molecule has 142 valence electrons. The van der Waals surface area contributed by atoms with Crippen molar-refractivity contribution in [3.63, 3.8) is 0 Å². The van der Waals surface area contributed by atoms with Crippen molar-refractivity contribution in [1.29, 1.82) is 0 Å². The fourth-order valence-corrected chi connectivity index (χ4v) is 4.01. The third-order valence-corrected chi connectivity index (χ3v) is 5.38. The molecule has 0 aliphatic carbocycles. The number of fused-ring (bicyclic) bond motifs is 1. The fourth-order valence-electron chi connectivity index (χ4n) is 3.46. The van der Waals surface area contributed by atoms with Crippen LogP contribution in [-0.2, 0) is 6.54 Å². The molecular weight excluding hydrogens is 392 g/mol. The van der Waals surface area contributed by atoms with Crippen LogP contribution in [-0.4, -0.2) is 24.6 Å². The number of halogens is 1. The zero-order valence-electron chi connectivity index (χ0n) is 15.6. The SMILES string of the molecule is Cc1ccccc1-n1c(=O)c2ncn(CCCl)c2n(-c2ccccc2C)c1=S. The van der Waals surface area contributed by atoms with Crippen LogP contribution in [0.2, 0.25) is 0 Å². The van der Waals surface area contributed by atoms with E-state index in [1.807, 2.05) is 71.5 Å². The first kappa shape index (κ1) is 18.7. The highest BCUT2D eigenvalue weighted by molar-refractivity contribution is 7.71. The molecule has 0 saturated carbocycles. The van der Waals surface area contributed by atoms with E-state index in [0.717, 1.165) is 22.5 Å². The van der Waals surface area contributed by atoms with Gasteiger partial charge in [0.1, 0.15) is 0 Å². The van der Waals surface area contributed by atoms with Gasteiger partial charge in [-0.2, -0.15) is 0 Å². The number of hydrogen-bond acceptors (Lipinski definition) is 3. The Labute approximate surface area is 172 Å². The van der Waals surface area contributed by atoms with Gasteiger partial charge in [0.25, 0.3) is 5.56 Å². The average molecular weight is 411 g/mol. The Balaban J connectivity index is 2.22. The Bertz CT molecular complexity index is 1300. The van der Waals surface area contributed by atoms with E-state index in [1.54, 1.807) is 10.9 Å². The number of hydrogen-bond donors (Lipinski definition) is 0. The van der Waals surface area contributed by atoms with Crippen LogP contribution in [0, 0.1) is 18.6 Å². The molecule has 5 nitrogen and oxygen atoms in total. The minimum absolute atomic E-state index is 0.229. The third-order valence-electron chi connectivity index (χ3n) is 4.85. The molecule has 0 amide bonds. The van der Waals surface area contributed by atoms with E-state index in [0.29, 0.717) is 28.4 Å². The maximum atomic E-state index is 13.4. The molecule has 2 aromatic heterocycles. The molecular formula is C21H19ClN4OS. The summed E-state index contributed by atoms with van der Waals surface area (Å²) in [6, 6.07) is 15.7. The summed E-state index contributed by atoms with van der Waals surface area (Å²) in [7, 11) is 0. The smallest absolute Gasteiger partial charge is 0.287 e. The highest BCUT2D eigenvalue weighted by Gasteiger charge is 2.19. The summed E-state index contributed by atoms with van der Waals surface area (Å²) in [5, 5.41) is 0. The minimum atomic E-state index is -0.229. The summed E-state index contributed by atoms with van der Waals surface area (Å²) in [5.41, 5.74) is 4.48. The van der Waals surface area contributed by atoms with Crippen LogP contribution in [0.4, 0.5) is 0 Å². The predicted octanol–water partition coefficient (Wildman–Crippen LogP) is 4.56. The fraction of sp³-hybridized carbons (Fsp3) is 0.190. The number of imidazole rings is 1. The van der Waals surface area contributed by atoms with E-state index in [1.165, 1.54) is 0 Å². The molecule has 0 aliphatic rings. The number of rotatable bonds is 4. The van der Waals surface area contributed by atoms with Crippen molar-refractivity contribution < 1.29 is 0 Å². The van der Waals surface area contributed by atoms with E-state index >= 15 is 0 Å². The van der Waals surface area contributed by atoms with Gasteiger partial charge in [-0.1, -0.05) is 36.4 Å². The molecule has 2 heterocycles. The first-order valence-corrected chi connectivity index (χ1v) is 9.89. The molecule has 0 fully saturated rings. The zero-order chi connectivity index (χ0) is 19.8. The molecule has 4 aromatic rings. The second-order valence-electron chi connectivity index (χ2n) is 6.63. The van der Waals surface area contributed by atoms with Gasteiger partial charge in [0.15, 0.2) is 15.9 Å². The summed E-state index contributed by atoms with van der Waals surface area (Å²) >= 11 is 11.8. The topological polar surface area (TPSA) is 44.8 Å². The predicted molar refractivity (Wildman–Crippen MR) is 116 cm³/mol. The van der Waals surface area contributed by atoms with E-state index in [-0.39, 0.29) is 5.56 Å². The zero-order valence-corrected chi connectivity index (χ0v) is 17.2. The van der Waals surface area contributed by atoms with Crippen LogP contribution in [0.15, 0.2) is 59.7 Å². The summed E-state index contributed by atoms with van der Waals surface area (Å²) in [5.74, 6) is 0.410. The van der Waals surface area contributed by atoms with Crippen LogP contribution in [0.5, 0.6) is 0 Å². The molecule has 0 atom stereocenters. The van der Waals surface area contributed by atoms with E-state index < -0.39 is 0 Å². The lowest BCUT2D eigenvalue weighted by atomic mass is 10.2. The molecule has 4 rings (SSSR count). The molecule has 0 spiro atoms. The number of aromatic nitrogens is 4. The van der Waals surface area contributed by atoms with Crippen LogP contribution < -0.4 is 5.56 Å². The van der Waals surface area contributed by atoms with Gasteiger partial charge in [-0.25, -0.2) is 4.98 Å². The van der Waals surface area contributed by atoms with Gasteiger partial charge >= 0.3 is 0 Å². The first-order valence-electron chi connectivity index (χ1n) is 8.95. The van der Waals surface area contributed by atoms with Gasteiger partial charge in [0, 0.05) is 12.4 Å². The van der Waals surface area contributed by atoms with Crippen molar-refractivity contribution in [3.8, 4) is 11.4 Å². The Morgan fingerprint density at radius 1 is 0.964 bits per heavy atom. The molecule has 0 saturated heterocycles. The highest BCUT2D eigenvalue weighted by atomic mass is 35.5. The number of nitrogens with zero attached hydrogens (tertiary/aromatic N) is 4. The summed E-state index contributed by atoms with van der Waals surface area (Å²) in [6.45, 7) is 4.52. The Morgan fingerprint density at radius 3 is 2.11 bits per heavy atom. The molecule has 0 aliphatic heterocycles. The van der Waals surface area contributed by atoms with Crippen LogP contribution in [0.3, 0.4) is 0 Å². The van der Waals surface area contributed by atoms with Crippen molar-refractivity contribution in [2.24, 2.45) is 0 Å². The molecule has 2 aromatic carbocycles. The standard InChI is InChI=1S/C21H19ClN4OS/c1-14-7-3-5-9-16(14)25-19-18(23-13-24(19)12-11-22)20(27)26(21(25)28)17-10-6-4-8-15(17)2/h3-10,13H,11-12H2,1-2H3. The molecule has 0 radical (unpaired) electrons. The van der Waals surface area contributed by atoms with Crippen molar-refractivity contribution in [2.45, 2.75) is 20.4 Å². The number of benzene rings is 2. The lowest BCUT2D eigenvalue weighted by Gasteiger charge is -2.18. The summed E-state index contributed by atoms with van der Waals surface area (Å²) in [6.07, 6.45) is 1.65. The first-order chi connectivity index (χ1) is 13.5. The number of alkyl halides is 1. The monoisotopic (exact) mass is 410 g/mol. The van der Waals surface area contributed by atoms with Crippen LogP contribution in [0.25, 0.3) is 22.5 Å². The van der Waals surface area contributed by atoms with Crippen molar-refractivity contribution in [3.05, 3.63) is 81.1 Å². The van der Waals surface area contributed by atoms with E-state index in [4.69, 9.17) is 23.8 Å². The van der Waals surface area contributed by atoms with E-state index in [2.05, 4.69) is 4.98 Å². The second-order valence-corrected chi connectivity index (χ2v) is 7.37. The van der Waals surface area contributed by atoms with Crippen molar-refractivity contribution >= 4 is 35.0 Å². The quantitative estimate of drug-likeness (QED) is 0.366. The Hall–Kier alpha value is -2.70. The Kier molecular flexibility index (Phi) is 4.91. The lowest BCUT2D eigenvalue weighted by molar-refractivity contribution is 0.757. The lowest BCUT2D eigenvalue weighted by Crippen LogP contribution is -2.25. The highest BCUT2D eigenvalue weighted by Crippen LogP contribution is 2.22.